The molecule has 13 aromatic rings. The molecule has 3 heterocycles. The molecule has 0 bridgehead atoms. The normalized spacial score (nSPS) is 12.2. The highest BCUT2D eigenvalue weighted by atomic mass is 16.3. The van der Waals surface area contributed by atoms with Gasteiger partial charge in [0.2, 0.25) is 0 Å². The van der Waals surface area contributed by atoms with E-state index in [-0.39, 0.29) is 0 Å². The molecule has 0 radical (unpaired) electrons. The highest BCUT2D eigenvalue weighted by Crippen LogP contribution is 2.48. The van der Waals surface area contributed by atoms with Crippen molar-refractivity contribution in [2.45, 2.75) is 0 Å². The van der Waals surface area contributed by atoms with Crippen molar-refractivity contribution in [3.63, 3.8) is 0 Å². The number of furan rings is 3. The van der Waals surface area contributed by atoms with Gasteiger partial charge in [-0.3, -0.25) is 0 Å². The molecule has 13 rings (SSSR count). The summed E-state index contributed by atoms with van der Waals surface area (Å²) in [6, 6.07) is 64.8. The number of benzene rings is 10. The average Bonchev–Trinajstić information content (AvgIpc) is 3.96. The second-order valence-corrected chi connectivity index (χ2v) is 15.1. The van der Waals surface area contributed by atoms with Crippen molar-refractivity contribution in [3.8, 4) is 33.4 Å². The third-order valence-electron chi connectivity index (χ3n) is 12.1. The lowest BCUT2D eigenvalue weighted by atomic mass is 9.85. The standard InChI is InChI=1S/C54H30O3/c1-2-13-34-33(12-1)30-44-51-47(29-28-42-36-15-8-10-23-46(36)56-53(42)51)57-54(44)49(34)32-26-24-31(25-27-32)48-37-16-3-5-18-39(37)50(40-19-6-4-17-38(40)48)43-21-11-20-41-35-14-7-9-22-45(35)55-52(41)43/h1-30H. The summed E-state index contributed by atoms with van der Waals surface area (Å²) in [5.41, 5.74) is 12.1. The molecule has 0 fully saturated rings. The third-order valence-corrected chi connectivity index (χ3v) is 12.1. The van der Waals surface area contributed by atoms with Gasteiger partial charge < -0.3 is 13.3 Å². The van der Waals surface area contributed by atoms with E-state index >= 15 is 0 Å². The summed E-state index contributed by atoms with van der Waals surface area (Å²) in [4.78, 5) is 0. The summed E-state index contributed by atoms with van der Waals surface area (Å²) in [6.45, 7) is 0. The number of para-hydroxylation sites is 3. The Morgan fingerprint density at radius 1 is 0.263 bits per heavy atom. The van der Waals surface area contributed by atoms with Crippen LogP contribution >= 0.6 is 0 Å². The molecule has 0 saturated heterocycles. The fourth-order valence-electron chi connectivity index (χ4n) is 9.60. The van der Waals surface area contributed by atoms with Crippen molar-refractivity contribution >= 4 is 98.1 Å². The Morgan fingerprint density at radius 3 is 1.42 bits per heavy atom. The fraction of sp³-hybridized carbons (Fsp3) is 0. The van der Waals surface area contributed by atoms with Gasteiger partial charge in [-0.2, -0.15) is 0 Å². The molecule has 0 spiro atoms. The van der Waals surface area contributed by atoms with Crippen LogP contribution in [0.15, 0.2) is 195 Å². The van der Waals surface area contributed by atoms with Gasteiger partial charge in [0.05, 0.1) is 5.39 Å². The first-order valence-corrected chi connectivity index (χ1v) is 19.4. The van der Waals surface area contributed by atoms with Gasteiger partial charge >= 0.3 is 0 Å². The Bertz CT molecular complexity index is 3740. The maximum absolute atomic E-state index is 6.82. The van der Waals surface area contributed by atoms with Gasteiger partial charge in [-0.25, -0.2) is 0 Å². The second-order valence-electron chi connectivity index (χ2n) is 15.1. The van der Waals surface area contributed by atoms with Crippen molar-refractivity contribution in [2.24, 2.45) is 0 Å². The molecule has 0 unspecified atom stereocenters. The summed E-state index contributed by atoms with van der Waals surface area (Å²) in [6.07, 6.45) is 0. The van der Waals surface area contributed by atoms with Gasteiger partial charge in [0.1, 0.15) is 33.5 Å². The van der Waals surface area contributed by atoms with Gasteiger partial charge in [-0.1, -0.05) is 152 Å². The zero-order chi connectivity index (χ0) is 37.2. The average molecular weight is 727 g/mol. The van der Waals surface area contributed by atoms with Crippen molar-refractivity contribution in [1.82, 2.24) is 0 Å². The van der Waals surface area contributed by atoms with Crippen LogP contribution in [0.4, 0.5) is 0 Å². The predicted octanol–water partition coefficient (Wildman–Crippen LogP) is 15.8. The van der Waals surface area contributed by atoms with Crippen molar-refractivity contribution in [1.29, 1.82) is 0 Å². The quantitative estimate of drug-likeness (QED) is 0.170. The zero-order valence-electron chi connectivity index (χ0n) is 30.5. The molecule has 0 atom stereocenters. The summed E-state index contributed by atoms with van der Waals surface area (Å²) >= 11 is 0. The van der Waals surface area contributed by atoms with Crippen molar-refractivity contribution in [3.05, 3.63) is 182 Å². The summed E-state index contributed by atoms with van der Waals surface area (Å²) < 4.78 is 20.0. The lowest BCUT2D eigenvalue weighted by Crippen LogP contribution is -1.91. The minimum Gasteiger partial charge on any atom is -0.455 e. The van der Waals surface area contributed by atoms with Gasteiger partial charge in [-0.05, 0) is 79.3 Å². The van der Waals surface area contributed by atoms with Gasteiger partial charge in [-0.15, -0.1) is 0 Å². The monoisotopic (exact) mass is 726 g/mol. The summed E-state index contributed by atoms with van der Waals surface area (Å²) in [5, 5.41) is 13.6. The third kappa shape index (κ3) is 4.26. The highest BCUT2D eigenvalue weighted by molar-refractivity contribution is 6.27. The molecule has 0 saturated carbocycles. The Balaban J connectivity index is 1.04. The van der Waals surface area contributed by atoms with E-state index in [2.05, 4.69) is 164 Å². The Hall–Kier alpha value is -7.62. The van der Waals surface area contributed by atoms with E-state index in [9.17, 15) is 0 Å². The molecule has 3 heteroatoms. The Labute approximate surface area is 325 Å². The first kappa shape index (κ1) is 30.7. The minimum absolute atomic E-state index is 0.820. The SMILES string of the molecule is c1ccc2c(-c3ccc(-c4c5ccccc5c(-c5cccc6c5oc5ccccc56)c5ccccc45)cc3)c3oc4ccc5c6ccccc6oc5c4c3cc2c1. The van der Waals surface area contributed by atoms with E-state index in [1.807, 2.05) is 18.2 Å². The molecule has 3 aromatic heterocycles. The molecule has 57 heavy (non-hydrogen) atoms. The van der Waals surface area contributed by atoms with Crippen LogP contribution in [0.25, 0.3) is 132 Å². The summed E-state index contributed by atoms with van der Waals surface area (Å²) in [5.74, 6) is 0. The maximum atomic E-state index is 6.82. The van der Waals surface area contributed by atoms with Crippen molar-refractivity contribution < 1.29 is 13.3 Å². The molecule has 0 aliphatic carbocycles. The van der Waals surface area contributed by atoms with Crippen LogP contribution in [-0.4, -0.2) is 0 Å². The first-order valence-electron chi connectivity index (χ1n) is 19.4. The van der Waals surface area contributed by atoms with Crippen LogP contribution in [0.3, 0.4) is 0 Å². The van der Waals surface area contributed by atoms with Crippen LogP contribution in [0.2, 0.25) is 0 Å². The van der Waals surface area contributed by atoms with E-state index in [1.54, 1.807) is 0 Å². The van der Waals surface area contributed by atoms with Crippen LogP contribution in [0.5, 0.6) is 0 Å². The topological polar surface area (TPSA) is 39.4 Å². The Kier molecular flexibility index (Phi) is 6.16. The van der Waals surface area contributed by atoms with Gasteiger partial charge in [0.15, 0.2) is 0 Å². The molecule has 3 nitrogen and oxygen atoms in total. The summed E-state index contributed by atoms with van der Waals surface area (Å²) in [7, 11) is 0. The first-order chi connectivity index (χ1) is 28.3. The number of hydrogen-bond acceptors (Lipinski definition) is 3. The number of fused-ring (bicyclic) bond motifs is 13. The van der Waals surface area contributed by atoms with Gasteiger partial charge in [0.25, 0.3) is 0 Å². The minimum atomic E-state index is 0.820. The van der Waals surface area contributed by atoms with E-state index in [4.69, 9.17) is 13.3 Å². The fourth-order valence-corrected chi connectivity index (χ4v) is 9.60. The molecular weight excluding hydrogens is 697 g/mol. The van der Waals surface area contributed by atoms with E-state index < -0.39 is 0 Å². The van der Waals surface area contributed by atoms with E-state index in [1.165, 1.54) is 32.7 Å². The molecule has 0 aliphatic rings. The van der Waals surface area contributed by atoms with Crippen molar-refractivity contribution in [2.75, 3.05) is 0 Å². The number of rotatable bonds is 3. The Morgan fingerprint density at radius 2 is 0.754 bits per heavy atom. The lowest BCUT2D eigenvalue weighted by molar-refractivity contribution is 0.663. The van der Waals surface area contributed by atoms with E-state index in [0.717, 1.165) is 98.8 Å². The highest BCUT2D eigenvalue weighted by Gasteiger charge is 2.23. The predicted molar refractivity (Wildman–Crippen MR) is 237 cm³/mol. The largest absolute Gasteiger partial charge is 0.455 e. The lowest BCUT2D eigenvalue weighted by Gasteiger charge is -2.18. The van der Waals surface area contributed by atoms with Crippen LogP contribution in [0, 0.1) is 0 Å². The molecule has 264 valence electrons. The smallest absolute Gasteiger partial charge is 0.147 e. The molecule has 0 amide bonds. The van der Waals surface area contributed by atoms with E-state index in [0.29, 0.717) is 0 Å². The van der Waals surface area contributed by atoms with Gasteiger partial charge in [0, 0.05) is 43.6 Å². The molecule has 0 aliphatic heterocycles. The molecule has 0 N–H and O–H groups in total. The van der Waals surface area contributed by atoms with Crippen LogP contribution in [-0.2, 0) is 0 Å². The molecular formula is C54H30O3. The van der Waals surface area contributed by atoms with Crippen LogP contribution < -0.4 is 0 Å². The molecule has 10 aromatic carbocycles. The zero-order valence-corrected chi connectivity index (χ0v) is 30.5. The van der Waals surface area contributed by atoms with Crippen LogP contribution in [0.1, 0.15) is 0 Å². The number of hydrogen-bond donors (Lipinski definition) is 0. The second kappa shape index (κ2) is 11.5. The maximum Gasteiger partial charge on any atom is 0.147 e.